The SMILES string of the molecule is Cc1ccc2c(c1)ncn2-c1ccc(-c2nc3ccccc3[nH]2)cc1. The fourth-order valence-corrected chi connectivity index (χ4v) is 3.20. The molecular weight excluding hydrogens is 308 g/mol. The molecule has 4 nitrogen and oxygen atoms in total. The van der Waals surface area contributed by atoms with E-state index in [1.165, 1.54) is 5.56 Å². The van der Waals surface area contributed by atoms with Crippen molar-refractivity contribution in [3.63, 3.8) is 0 Å². The van der Waals surface area contributed by atoms with Crippen molar-refractivity contribution in [1.82, 2.24) is 19.5 Å². The molecule has 0 aliphatic heterocycles. The summed E-state index contributed by atoms with van der Waals surface area (Å²) in [6, 6.07) is 22.8. The summed E-state index contributed by atoms with van der Waals surface area (Å²) in [7, 11) is 0. The average Bonchev–Trinajstić information content (AvgIpc) is 3.25. The molecule has 2 aromatic heterocycles. The molecule has 0 unspecified atom stereocenters. The molecule has 0 amide bonds. The van der Waals surface area contributed by atoms with Gasteiger partial charge in [-0.05, 0) is 61.0 Å². The predicted molar refractivity (Wildman–Crippen MR) is 101 cm³/mol. The molecule has 3 aromatic carbocycles. The Morgan fingerprint density at radius 2 is 1.72 bits per heavy atom. The molecule has 0 aliphatic carbocycles. The van der Waals surface area contributed by atoms with Crippen molar-refractivity contribution in [3.05, 3.63) is 78.6 Å². The van der Waals surface area contributed by atoms with E-state index in [1.54, 1.807) is 0 Å². The molecule has 0 bridgehead atoms. The first-order chi connectivity index (χ1) is 12.3. The Hall–Kier alpha value is -3.40. The predicted octanol–water partition coefficient (Wildman–Crippen LogP) is 4.88. The van der Waals surface area contributed by atoms with E-state index in [-0.39, 0.29) is 0 Å². The molecule has 0 aliphatic rings. The van der Waals surface area contributed by atoms with E-state index in [4.69, 9.17) is 0 Å². The third-order valence-electron chi connectivity index (χ3n) is 4.51. The molecule has 0 spiro atoms. The Morgan fingerprint density at radius 3 is 2.56 bits per heavy atom. The minimum atomic E-state index is 0.888. The van der Waals surface area contributed by atoms with E-state index in [0.29, 0.717) is 0 Å². The Morgan fingerprint density at radius 1 is 0.880 bits per heavy atom. The lowest BCUT2D eigenvalue weighted by molar-refractivity contribution is 1.09. The van der Waals surface area contributed by atoms with Crippen LogP contribution in [-0.4, -0.2) is 19.5 Å². The van der Waals surface area contributed by atoms with Crippen molar-refractivity contribution in [1.29, 1.82) is 0 Å². The van der Waals surface area contributed by atoms with Gasteiger partial charge in [0.25, 0.3) is 0 Å². The molecule has 25 heavy (non-hydrogen) atoms. The lowest BCUT2D eigenvalue weighted by Crippen LogP contribution is -1.92. The van der Waals surface area contributed by atoms with Gasteiger partial charge in [0.2, 0.25) is 0 Å². The van der Waals surface area contributed by atoms with Crippen LogP contribution < -0.4 is 0 Å². The summed E-state index contributed by atoms with van der Waals surface area (Å²) in [6.07, 6.45) is 1.88. The van der Waals surface area contributed by atoms with Gasteiger partial charge in [0, 0.05) is 11.3 Å². The van der Waals surface area contributed by atoms with Crippen LogP contribution in [0.3, 0.4) is 0 Å². The summed E-state index contributed by atoms with van der Waals surface area (Å²) in [6.45, 7) is 2.08. The van der Waals surface area contributed by atoms with Gasteiger partial charge < -0.3 is 4.98 Å². The van der Waals surface area contributed by atoms with E-state index in [2.05, 4.69) is 68.9 Å². The highest BCUT2D eigenvalue weighted by atomic mass is 15.0. The van der Waals surface area contributed by atoms with Crippen molar-refractivity contribution >= 4 is 22.1 Å². The monoisotopic (exact) mass is 324 g/mol. The number of aryl methyl sites for hydroxylation is 1. The van der Waals surface area contributed by atoms with Gasteiger partial charge in [-0.15, -0.1) is 0 Å². The number of rotatable bonds is 2. The van der Waals surface area contributed by atoms with Crippen molar-refractivity contribution in [2.45, 2.75) is 6.92 Å². The van der Waals surface area contributed by atoms with E-state index in [9.17, 15) is 0 Å². The van der Waals surface area contributed by atoms with Crippen LogP contribution in [0, 0.1) is 6.92 Å². The van der Waals surface area contributed by atoms with Gasteiger partial charge in [-0.3, -0.25) is 4.57 Å². The van der Waals surface area contributed by atoms with Crippen LogP contribution in [0.5, 0.6) is 0 Å². The fraction of sp³-hybridized carbons (Fsp3) is 0.0476. The van der Waals surface area contributed by atoms with Gasteiger partial charge in [0.15, 0.2) is 0 Å². The van der Waals surface area contributed by atoms with Crippen molar-refractivity contribution in [3.8, 4) is 17.1 Å². The van der Waals surface area contributed by atoms with Crippen LogP contribution in [0.2, 0.25) is 0 Å². The maximum absolute atomic E-state index is 4.66. The molecule has 5 rings (SSSR count). The van der Waals surface area contributed by atoms with Gasteiger partial charge in [0.1, 0.15) is 12.2 Å². The second kappa shape index (κ2) is 5.31. The lowest BCUT2D eigenvalue weighted by atomic mass is 10.2. The average molecular weight is 324 g/mol. The lowest BCUT2D eigenvalue weighted by Gasteiger charge is -2.05. The molecule has 0 saturated carbocycles. The number of benzene rings is 3. The molecule has 0 fully saturated rings. The first-order valence-corrected chi connectivity index (χ1v) is 8.27. The Labute approximate surface area is 144 Å². The van der Waals surface area contributed by atoms with Crippen LogP contribution in [0.25, 0.3) is 39.1 Å². The van der Waals surface area contributed by atoms with Crippen molar-refractivity contribution in [2.75, 3.05) is 0 Å². The first-order valence-electron chi connectivity index (χ1n) is 8.27. The van der Waals surface area contributed by atoms with Gasteiger partial charge in [-0.25, -0.2) is 9.97 Å². The Kier molecular flexibility index (Phi) is 2.97. The zero-order chi connectivity index (χ0) is 16.8. The Bertz CT molecular complexity index is 1160. The molecule has 2 heterocycles. The van der Waals surface area contributed by atoms with E-state index in [0.717, 1.165) is 39.1 Å². The summed E-state index contributed by atoms with van der Waals surface area (Å²) < 4.78 is 2.11. The minimum absolute atomic E-state index is 0.888. The number of aromatic amines is 1. The molecule has 0 atom stereocenters. The third-order valence-corrected chi connectivity index (χ3v) is 4.51. The van der Waals surface area contributed by atoms with Gasteiger partial charge >= 0.3 is 0 Å². The van der Waals surface area contributed by atoms with E-state index >= 15 is 0 Å². The van der Waals surface area contributed by atoms with E-state index < -0.39 is 0 Å². The van der Waals surface area contributed by atoms with Crippen LogP contribution in [0.1, 0.15) is 5.56 Å². The van der Waals surface area contributed by atoms with E-state index in [1.807, 2.05) is 30.6 Å². The Balaban J connectivity index is 1.56. The first kappa shape index (κ1) is 14.0. The zero-order valence-corrected chi connectivity index (χ0v) is 13.8. The quantitative estimate of drug-likeness (QED) is 0.503. The van der Waals surface area contributed by atoms with Crippen LogP contribution >= 0.6 is 0 Å². The summed E-state index contributed by atoms with van der Waals surface area (Å²) in [5.74, 6) is 0.888. The molecule has 1 N–H and O–H groups in total. The number of imidazole rings is 2. The highest BCUT2D eigenvalue weighted by Gasteiger charge is 2.07. The highest BCUT2D eigenvalue weighted by Crippen LogP contribution is 2.24. The molecule has 120 valence electrons. The molecular formula is C21H16N4. The third kappa shape index (κ3) is 2.31. The maximum Gasteiger partial charge on any atom is 0.138 e. The van der Waals surface area contributed by atoms with Gasteiger partial charge in [0.05, 0.1) is 22.1 Å². The number of H-pyrrole nitrogens is 1. The maximum atomic E-state index is 4.66. The summed E-state index contributed by atoms with van der Waals surface area (Å²) in [5.41, 5.74) is 7.54. The number of nitrogens with one attached hydrogen (secondary N) is 1. The van der Waals surface area contributed by atoms with Crippen LogP contribution in [0.4, 0.5) is 0 Å². The fourth-order valence-electron chi connectivity index (χ4n) is 3.20. The highest BCUT2D eigenvalue weighted by molar-refractivity contribution is 5.80. The second-order valence-electron chi connectivity index (χ2n) is 6.26. The number of nitrogens with zero attached hydrogens (tertiary/aromatic N) is 3. The summed E-state index contributed by atoms with van der Waals surface area (Å²) in [5, 5.41) is 0. The van der Waals surface area contributed by atoms with Crippen molar-refractivity contribution < 1.29 is 0 Å². The van der Waals surface area contributed by atoms with Gasteiger partial charge in [-0.2, -0.15) is 0 Å². The van der Waals surface area contributed by atoms with Crippen LogP contribution in [0.15, 0.2) is 73.1 Å². The second-order valence-corrected chi connectivity index (χ2v) is 6.26. The summed E-state index contributed by atoms with van der Waals surface area (Å²) in [4.78, 5) is 12.5. The zero-order valence-electron chi connectivity index (χ0n) is 13.8. The van der Waals surface area contributed by atoms with Gasteiger partial charge in [-0.1, -0.05) is 18.2 Å². The molecule has 4 heteroatoms. The molecule has 0 radical (unpaired) electrons. The molecule has 5 aromatic rings. The normalized spacial score (nSPS) is 11.4. The number of hydrogen-bond donors (Lipinski definition) is 1. The molecule has 0 saturated heterocycles. The van der Waals surface area contributed by atoms with Crippen molar-refractivity contribution in [2.24, 2.45) is 0 Å². The number of fused-ring (bicyclic) bond motifs is 2. The number of hydrogen-bond acceptors (Lipinski definition) is 2. The summed E-state index contributed by atoms with van der Waals surface area (Å²) >= 11 is 0. The topological polar surface area (TPSA) is 46.5 Å². The standard InChI is InChI=1S/C21H16N4/c1-14-6-11-20-19(12-14)22-13-25(20)16-9-7-15(8-10-16)21-23-17-4-2-3-5-18(17)24-21/h2-13H,1H3,(H,23,24). The van der Waals surface area contributed by atoms with Crippen LogP contribution in [-0.2, 0) is 0 Å². The number of aromatic nitrogens is 4. The minimum Gasteiger partial charge on any atom is -0.338 e. The number of para-hydroxylation sites is 2. The largest absolute Gasteiger partial charge is 0.338 e. The smallest absolute Gasteiger partial charge is 0.138 e.